The van der Waals surface area contributed by atoms with Crippen LogP contribution in [-0.2, 0) is 16.1 Å². The summed E-state index contributed by atoms with van der Waals surface area (Å²) >= 11 is 19.2. The Bertz CT molecular complexity index is 1180. The number of halogens is 3. The zero-order valence-electron chi connectivity index (χ0n) is 18.6. The average molecular weight is 495 g/mol. The van der Waals surface area contributed by atoms with Gasteiger partial charge in [0.05, 0.1) is 26.7 Å². The largest absolute Gasteiger partial charge is 0.457 e. The smallest absolute Gasteiger partial charge is 0.311 e. The lowest BCUT2D eigenvalue weighted by Crippen LogP contribution is -2.28. The lowest BCUT2D eigenvalue weighted by atomic mass is 9.97. The minimum absolute atomic E-state index is 0.236. The second-order valence-corrected chi connectivity index (χ2v) is 10.3. The number of carbonyl (C=O) groups excluding carboxylic acids is 1. The summed E-state index contributed by atoms with van der Waals surface area (Å²) in [5.74, 6) is 0.530. The van der Waals surface area contributed by atoms with Crippen molar-refractivity contribution >= 4 is 63.4 Å². The molecule has 0 aliphatic carbocycles. The van der Waals surface area contributed by atoms with Crippen molar-refractivity contribution in [3.63, 3.8) is 0 Å². The lowest BCUT2D eigenvalue weighted by Gasteiger charge is -2.30. The molecule has 32 heavy (non-hydrogen) atoms. The van der Waals surface area contributed by atoms with Gasteiger partial charge < -0.3 is 14.2 Å². The average Bonchev–Trinajstić information content (AvgIpc) is 3.13. The molecule has 1 aliphatic rings. The van der Waals surface area contributed by atoms with Crippen molar-refractivity contribution in [2.24, 2.45) is 5.41 Å². The van der Waals surface area contributed by atoms with Crippen molar-refractivity contribution in [1.29, 1.82) is 0 Å². The number of hydrogen-bond donors (Lipinski definition) is 0. The Morgan fingerprint density at radius 2 is 1.88 bits per heavy atom. The van der Waals surface area contributed by atoms with Crippen LogP contribution in [0.1, 0.15) is 52.2 Å². The molecule has 170 valence electrons. The molecule has 2 aromatic carbocycles. The second kappa shape index (κ2) is 8.77. The third kappa shape index (κ3) is 4.18. The molecule has 0 N–H and O–H groups in total. The molecule has 3 aromatic rings. The molecule has 1 unspecified atom stereocenters. The predicted octanol–water partition coefficient (Wildman–Crippen LogP) is 7.58. The van der Waals surface area contributed by atoms with E-state index in [-0.39, 0.29) is 5.97 Å². The van der Waals surface area contributed by atoms with Crippen LogP contribution in [0, 0.1) is 5.41 Å². The van der Waals surface area contributed by atoms with E-state index in [1.807, 2.05) is 52.0 Å². The fourth-order valence-corrected chi connectivity index (χ4v) is 4.69. The maximum Gasteiger partial charge on any atom is 0.311 e. The monoisotopic (exact) mass is 493 g/mol. The predicted molar refractivity (Wildman–Crippen MR) is 131 cm³/mol. The van der Waals surface area contributed by atoms with E-state index in [0.29, 0.717) is 27.0 Å². The van der Waals surface area contributed by atoms with Crippen LogP contribution in [-0.4, -0.2) is 22.1 Å². The fourth-order valence-electron chi connectivity index (χ4n) is 3.99. The fraction of sp³-hybridized carbons (Fsp3) is 0.417. The summed E-state index contributed by atoms with van der Waals surface area (Å²) in [7, 11) is 0. The van der Waals surface area contributed by atoms with E-state index in [0.717, 1.165) is 42.2 Å². The highest BCUT2D eigenvalue weighted by Crippen LogP contribution is 2.41. The molecule has 4 rings (SSSR count). The number of benzene rings is 2. The van der Waals surface area contributed by atoms with Gasteiger partial charge in [0.15, 0.2) is 0 Å². The minimum atomic E-state index is -0.585. The summed E-state index contributed by atoms with van der Waals surface area (Å²) in [6.45, 7) is 9.13. The number of aryl methyl sites for hydroxylation is 1. The second-order valence-electron chi connectivity index (χ2n) is 9.05. The van der Waals surface area contributed by atoms with Gasteiger partial charge in [0.25, 0.3) is 0 Å². The number of esters is 1. The van der Waals surface area contributed by atoms with Crippen LogP contribution in [0.3, 0.4) is 0 Å². The third-order valence-corrected chi connectivity index (χ3v) is 6.48. The first-order chi connectivity index (χ1) is 15.1. The summed E-state index contributed by atoms with van der Waals surface area (Å²) in [6.07, 6.45) is 1.16. The highest BCUT2D eigenvalue weighted by Gasteiger charge is 2.31. The topological polar surface area (TPSA) is 47.4 Å². The summed E-state index contributed by atoms with van der Waals surface area (Å²) in [4.78, 5) is 19.6. The molecule has 0 radical (unpaired) electrons. The van der Waals surface area contributed by atoms with E-state index in [4.69, 9.17) is 44.5 Å². The molecule has 0 bridgehead atoms. The third-order valence-electron chi connectivity index (χ3n) is 5.64. The number of hydrogen-bond acceptors (Lipinski definition) is 4. The first-order valence-electron chi connectivity index (χ1n) is 10.7. The van der Waals surface area contributed by atoms with Gasteiger partial charge in [-0.15, -0.1) is 0 Å². The van der Waals surface area contributed by atoms with Crippen LogP contribution in [0.4, 0.5) is 11.6 Å². The Hall–Kier alpha value is -1.95. The standard InChI is InChI=1S/C24H26Cl3N3O2/c1-5-19(32-22(31)24(2,3)4)15-8-9-16(26)20-21(15)30-12-6-11-29(23(30)28-20)18-10-7-14(25)13-17(18)27/h7-10,13,19H,5-6,11-12H2,1-4H3. The summed E-state index contributed by atoms with van der Waals surface area (Å²) in [5, 5.41) is 1.71. The Labute approximate surface area is 203 Å². The van der Waals surface area contributed by atoms with Crippen molar-refractivity contribution < 1.29 is 9.53 Å². The van der Waals surface area contributed by atoms with Crippen molar-refractivity contribution in [3.05, 3.63) is 51.0 Å². The van der Waals surface area contributed by atoms with Gasteiger partial charge in [-0.05, 0) is 57.9 Å². The molecule has 1 aliphatic heterocycles. The van der Waals surface area contributed by atoms with E-state index >= 15 is 0 Å². The normalized spacial score (nSPS) is 15.0. The van der Waals surface area contributed by atoms with Crippen LogP contribution < -0.4 is 4.90 Å². The van der Waals surface area contributed by atoms with E-state index in [1.165, 1.54) is 0 Å². The van der Waals surface area contributed by atoms with E-state index in [2.05, 4.69) is 9.47 Å². The zero-order chi connectivity index (χ0) is 23.2. The van der Waals surface area contributed by atoms with E-state index in [1.54, 1.807) is 6.07 Å². The summed E-state index contributed by atoms with van der Waals surface area (Å²) in [5.41, 5.74) is 2.76. The number of carbonyl (C=O) groups is 1. The Morgan fingerprint density at radius 3 is 2.53 bits per heavy atom. The zero-order valence-corrected chi connectivity index (χ0v) is 20.9. The van der Waals surface area contributed by atoms with Gasteiger partial charge in [-0.2, -0.15) is 0 Å². The van der Waals surface area contributed by atoms with Gasteiger partial charge in [0.1, 0.15) is 11.6 Å². The van der Waals surface area contributed by atoms with E-state index in [9.17, 15) is 4.79 Å². The minimum Gasteiger partial charge on any atom is -0.457 e. The number of imidazole rings is 1. The SMILES string of the molecule is CCC(OC(=O)C(C)(C)C)c1ccc(Cl)c2nc3n(c12)CCCN3c1ccc(Cl)cc1Cl. The molecule has 2 heterocycles. The molecule has 0 amide bonds. The summed E-state index contributed by atoms with van der Waals surface area (Å²) < 4.78 is 8.08. The van der Waals surface area contributed by atoms with Crippen molar-refractivity contribution in [2.75, 3.05) is 11.4 Å². The first-order valence-corrected chi connectivity index (χ1v) is 11.9. The molecular weight excluding hydrogens is 469 g/mol. The molecule has 1 atom stereocenters. The van der Waals surface area contributed by atoms with Crippen molar-refractivity contribution in [3.8, 4) is 0 Å². The van der Waals surface area contributed by atoms with Crippen LogP contribution in [0.25, 0.3) is 11.0 Å². The quantitative estimate of drug-likeness (QED) is 0.351. The number of nitrogens with zero attached hydrogens (tertiary/aromatic N) is 3. The number of ether oxygens (including phenoxy) is 1. The lowest BCUT2D eigenvalue weighted by molar-refractivity contribution is -0.159. The number of fused-ring (bicyclic) bond motifs is 3. The molecular formula is C24H26Cl3N3O2. The van der Waals surface area contributed by atoms with Crippen LogP contribution in [0.2, 0.25) is 15.1 Å². The van der Waals surface area contributed by atoms with Crippen LogP contribution >= 0.6 is 34.8 Å². The maximum absolute atomic E-state index is 12.6. The summed E-state index contributed by atoms with van der Waals surface area (Å²) in [6, 6.07) is 9.23. The van der Waals surface area contributed by atoms with E-state index < -0.39 is 11.5 Å². The highest BCUT2D eigenvalue weighted by atomic mass is 35.5. The maximum atomic E-state index is 12.6. The molecule has 0 saturated heterocycles. The highest BCUT2D eigenvalue weighted by molar-refractivity contribution is 6.36. The molecule has 0 saturated carbocycles. The van der Waals surface area contributed by atoms with Gasteiger partial charge >= 0.3 is 5.97 Å². The molecule has 5 nitrogen and oxygen atoms in total. The van der Waals surface area contributed by atoms with Gasteiger partial charge in [-0.1, -0.05) is 47.8 Å². The van der Waals surface area contributed by atoms with Gasteiger partial charge in [-0.3, -0.25) is 4.79 Å². The van der Waals surface area contributed by atoms with Crippen molar-refractivity contribution in [2.45, 2.75) is 53.2 Å². The molecule has 0 fully saturated rings. The Morgan fingerprint density at radius 1 is 1.12 bits per heavy atom. The van der Waals surface area contributed by atoms with Crippen LogP contribution in [0.15, 0.2) is 30.3 Å². The molecule has 8 heteroatoms. The van der Waals surface area contributed by atoms with Crippen molar-refractivity contribution in [1.82, 2.24) is 9.55 Å². The van der Waals surface area contributed by atoms with Gasteiger partial charge in [0.2, 0.25) is 5.95 Å². The Kier molecular flexibility index (Phi) is 6.36. The number of aromatic nitrogens is 2. The first kappa shape index (κ1) is 23.2. The van der Waals surface area contributed by atoms with Gasteiger partial charge in [0, 0.05) is 23.7 Å². The van der Waals surface area contributed by atoms with Crippen LogP contribution in [0.5, 0.6) is 0 Å². The molecule has 0 spiro atoms. The van der Waals surface area contributed by atoms with Gasteiger partial charge in [-0.25, -0.2) is 4.98 Å². The Balaban J connectivity index is 1.86. The number of rotatable bonds is 4. The number of anilines is 2. The molecule has 1 aromatic heterocycles.